The molecule has 1 aliphatic heterocycles. The van der Waals surface area contributed by atoms with E-state index in [1.807, 2.05) is 0 Å². The molecule has 1 heterocycles. The van der Waals surface area contributed by atoms with E-state index in [9.17, 15) is 4.79 Å². The van der Waals surface area contributed by atoms with Gasteiger partial charge in [0.15, 0.2) is 0 Å². The lowest BCUT2D eigenvalue weighted by Gasteiger charge is -2.27. The predicted octanol–water partition coefficient (Wildman–Crippen LogP) is 3.40. The number of hydrogen-bond acceptors (Lipinski definition) is 2. The van der Waals surface area contributed by atoms with Gasteiger partial charge in [-0.15, -0.1) is 11.8 Å². The summed E-state index contributed by atoms with van der Waals surface area (Å²) in [5, 5.41) is 3.34. The van der Waals surface area contributed by atoms with E-state index in [4.69, 9.17) is 0 Å². The maximum Gasteiger partial charge on any atom is 0.234 e. The van der Waals surface area contributed by atoms with Gasteiger partial charge in [-0.1, -0.05) is 25.1 Å². The zero-order valence-electron chi connectivity index (χ0n) is 11.4. The third kappa shape index (κ3) is 2.97. The molecule has 1 atom stereocenters. The molecule has 1 saturated carbocycles. The smallest absolute Gasteiger partial charge is 0.234 e. The van der Waals surface area contributed by atoms with E-state index >= 15 is 0 Å². The highest BCUT2D eigenvalue weighted by molar-refractivity contribution is 8.01. The van der Waals surface area contributed by atoms with Crippen LogP contribution in [0.4, 0.5) is 0 Å². The standard InChI is InChI=1S/C16H21NOS/c1-11-6-8-13(9-7-11)17-16(18)15-10-12-4-2-3-5-14(12)19-15/h2-5,11,13,15H,6-10H2,1H3,(H,17,18)/t11?,13?,15-/m0/s1. The molecule has 1 aliphatic carbocycles. The molecule has 2 aliphatic rings. The van der Waals surface area contributed by atoms with Crippen molar-refractivity contribution in [1.29, 1.82) is 0 Å². The van der Waals surface area contributed by atoms with Gasteiger partial charge in [0.25, 0.3) is 0 Å². The van der Waals surface area contributed by atoms with Crippen LogP contribution < -0.4 is 5.32 Å². The van der Waals surface area contributed by atoms with Gasteiger partial charge in [-0.3, -0.25) is 4.79 Å². The number of carbonyl (C=O) groups excluding carboxylic acids is 1. The van der Waals surface area contributed by atoms with Gasteiger partial charge in [-0.2, -0.15) is 0 Å². The Morgan fingerprint density at radius 1 is 1.21 bits per heavy atom. The van der Waals surface area contributed by atoms with E-state index in [0.717, 1.165) is 25.2 Å². The van der Waals surface area contributed by atoms with Crippen molar-refractivity contribution < 1.29 is 4.79 Å². The van der Waals surface area contributed by atoms with Crippen LogP contribution in [0.25, 0.3) is 0 Å². The number of thioether (sulfide) groups is 1. The summed E-state index contributed by atoms with van der Waals surface area (Å²) in [5.74, 6) is 1.07. The van der Waals surface area contributed by atoms with Crippen LogP contribution in [-0.2, 0) is 11.2 Å². The SMILES string of the molecule is CC1CCC(NC(=O)[C@@H]2Cc3ccccc3S2)CC1. The topological polar surface area (TPSA) is 29.1 Å². The Bertz CT molecular complexity index is 441. The summed E-state index contributed by atoms with van der Waals surface area (Å²) < 4.78 is 0. The van der Waals surface area contributed by atoms with Crippen molar-refractivity contribution >= 4 is 17.7 Å². The van der Waals surface area contributed by atoms with Crippen LogP contribution in [0.15, 0.2) is 29.2 Å². The molecule has 0 unspecified atom stereocenters. The average Bonchev–Trinajstić information content (AvgIpc) is 2.85. The molecule has 3 heteroatoms. The van der Waals surface area contributed by atoms with Crippen molar-refractivity contribution in [2.24, 2.45) is 5.92 Å². The Labute approximate surface area is 119 Å². The first kappa shape index (κ1) is 13.0. The number of nitrogens with one attached hydrogen (secondary N) is 1. The zero-order valence-corrected chi connectivity index (χ0v) is 12.2. The van der Waals surface area contributed by atoms with Gasteiger partial charge in [0.05, 0.1) is 5.25 Å². The number of carbonyl (C=O) groups is 1. The Balaban J connectivity index is 1.55. The molecule has 2 nitrogen and oxygen atoms in total. The maximum atomic E-state index is 12.3. The van der Waals surface area contributed by atoms with Gasteiger partial charge in [-0.05, 0) is 49.7 Å². The van der Waals surface area contributed by atoms with Crippen LogP contribution in [-0.4, -0.2) is 17.2 Å². The maximum absolute atomic E-state index is 12.3. The first-order valence-corrected chi connectivity index (χ1v) is 8.15. The fourth-order valence-corrected chi connectivity index (χ4v) is 4.23. The molecule has 0 radical (unpaired) electrons. The molecule has 1 amide bonds. The summed E-state index contributed by atoms with van der Waals surface area (Å²) in [6.07, 6.45) is 5.69. The van der Waals surface area contributed by atoms with Crippen molar-refractivity contribution in [2.75, 3.05) is 0 Å². The minimum Gasteiger partial charge on any atom is -0.352 e. The van der Waals surface area contributed by atoms with Crippen LogP contribution in [0.2, 0.25) is 0 Å². The van der Waals surface area contributed by atoms with E-state index in [2.05, 4.69) is 36.5 Å². The monoisotopic (exact) mass is 275 g/mol. The summed E-state index contributed by atoms with van der Waals surface area (Å²) in [6, 6.07) is 8.78. The summed E-state index contributed by atoms with van der Waals surface area (Å²) in [4.78, 5) is 13.6. The lowest BCUT2D eigenvalue weighted by molar-refractivity contribution is -0.121. The Morgan fingerprint density at radius 3 is 2.68 bits per heavy atom. The molecule has 1 fully saturated rings. The summed E-state index contributed by atoms with van der Waals surface area (Å²) >= 11 is 1.72. The lowest BCUT2D eigenvalue weighted by Crippen LogP contribution is -2.41. The highest BCUT2D eigenvalue weighted by Crippen LogP contribution is 2.37. The second-order valence-electron chi connectivity index (χ2n) is 5.88. The molecule has 1 aromatic rings. The van der Waals surface area contributed by atoms with Gasteiger partial charge in [0.1, 0.15) is 0 Å². The molecule has 1 aromatic carbocycles. The van der Waals surface area contributed by atoms with E-state index in [0.29, 0.717) is 6.04 Å². The minimum absolute atomic E-state index is 0.0803. The Hall–Kier alpha value is -0.960. The van der Waals surface area contributed by atoms with Gasteiger partial charge < -0.3 is 5.32 Å². The average molecular weight is 275 g/mol. The summed E-state index contributed by atoms with van der Waals surface area (Å²) in [7, 11) is 0. The largest absolute Gasteiger partial charge is 0.352 e. The third-order valence-electron chi connectivity index (χ3n) is 4.30. The fraction of sp³-hybridized carbons (Fsp3) is 0.562. The number of rotatable bonds is 2. The van der Waals surface area contributed by atoms with Crippen molar-refractivity contribution in [3.8, 4) is 0 Å². The van der Waals surface area contributed by atoms with Gasteiger partial charge >= 0.3 is 0 Å². The number of hydrogen-bond donors (Lipinski definition) is 1. The molecule has 1 N–H and O–H groups in total. The zero-order chi connectivity index (χ0) is 13.2. The van der Waals surface area contributed by atoms with Gasteiger partial charge in [-0.25, -0.2) is 0 Å². The van der Waals surface area contributed by atoms with E-state index < -0.39 is 0 Å². The first-order chi connectivity index (χ1) is 9.22. The van der Waals surface area contributed by atoms with Crippen molar-refractivity contribution in [1.82, 2.24) is 5.32 Å². The Morgan fingerprint density at radius 2 is 1.95 bits per heavy atom. The third-order valence-corrected chi connectivity index (χ3v) is 5.62. The first-order valence-electron chi connectivity index (χ1n) is 7.27. The highest BCUT2D eigenvalue weighted by Gasteiger charge is 2.30. The minimum atomic E-state index is 0.0803. The van der Waals surface area contributed by atoms with Crippen LogP contribution >= 0.6 is 11.8 Å². The number of fused-ring (bicyclic) bond motifs is 1. The van der Waals surface area contributed by atoms with E-state index in [-0.39, 0.29) is 11.2 Å². The van der Waals surface area contributed by atoms with Gasteiger partial charge in [0.2, 0.25) is 5.91 Å². The molecular formula is C16H21NOS. The molecule has 102 valence electrons. The number of amides is 1. The second-order valence-corrected chi connectivity index (χ2v) is 7.13. The number of benzene rings is 1. The quantitative estimate of drug-likeness (QED) is 0.896. The van der Waals surface area contributed by atoms with Crippen molar-refractivity contribution in [3.05, 3.63) is 29.8 Å². The van der Waals surface area contributed by atoms with Crippen molar-refractivity contribution in [2.45, 2.75) is 55.2 Å². The molecular weight excluding hydrogens is 254 g/mol. The van der Waals surface area contributed by atoms with Crippen LogP contribution in [0.5, 0.6) is 0 Å². The van der Waals surface area contributed by atoms with E-state index in [1.54, 1.807) is 11.8 Å². The van der Waals surface area contributed by atoms with Crippen LogP contribution in [0.1, 0.15) is 38.2 Å². The molecule has 0 spiro atoms. The molecule has 0 saturated heterocycles. The summed E-state index contributed by atoms with van der Waals surface area (Å²) in [5.41, 5.74) is 1.32. The van der Waals surface area contributed by atoms with E-state index in [1.165, 1.54) is 23.3 Å². The molecule has 19 heavy (non-hydrogen) atoms. The summed E-state index contributed by atoms with van der Waals surface area (Å²) in [6.45, 7) is 2.31. The van der Waals surface area contributed by atoms with Crippen molar-refractivity contribution in [3.63, 3.8) is 0 Å². The lowest BCUT2D eigenvalue weighted by atomic mass is 9.87. The van der Waals surface area contributed by atoms with Gasteiger partial charge in [0, 0.05) is 10.9 Å². The fourth-order valence-electron chi connectivity index (χ4n) is 3.03. The molecule has 0 aromatic heterocycles. The Kier molecular flexibility index (Phi) is 3.83. The highest BCUT2D eigenvalue weighted by atomic mass is 32.2. The van der Waals surface area contributed by atoms with Crippen LogP contribution in [0, 0.1) is 5.92 Å². The molecule has 0 bridgehead atoms. The second kappa shape index (κ2) is 5.58. The van der Waals surface area contributed by atoms with Crippen LogP contribution in [0.3, 0.4) is 0 Å². The normalized spacial score (nSPS) is 29.8. The molecule has 3 rings (SSSR count). The predicted molar refractivity (Wildman–Crippen MR) is 79.4 cm³/mol.